The Hall–Kier alpha value is -4.27. The molecule has 2 aromatic heterocycles. The average molecular weight is 601 g/mol. The van der Waals surface area contributed by atoms with Crippen molar-refractivity contribution in [2.75, 3.05) is 30.2 Å². The topological polar surface area (TPSA) is 127 Å². The van der Waals surface area contributed by atoms with Crippen LogP contribution in [0.25, 0.3) is 11.3 Å². The summed E-state index contributed by atoms with van der Waals surface area (Å²) in [5.74, 6) is -6.00. The lowest BCUT2D eigenvalue weighted by Gasteiger charge is -2.29. The molecule has 3 heterocycles. The molecule has 0 radical (unpaired) electrons. The van der Waals surface area contributed by atoms with E-state index in [2.05, 4.69) is 25.6 Å². The predicted molar refractivity (Wildman–Crippen MR) is 150 cm³/mol. The van der Waals surface area contributed by atoms with Gasteiger partial charge in [-0.1, -0.05) is 30.3 Å². The summed E-state index contributed by atoms with van der Waals surface area (Å²) in [4.78, 5) is 12.9. The number of pyridine rings is 1. The zero-order valence-corrected chi connectivity index (χ0v) is 23.2. The summed E-state index contributed by atoms with van der Waals surface area (Å²) in [5, 5.41) is 6.52. The van der Waals surface area contributed by atoms with E-state index in [0.717, 1.165) is 13.0 Å². The van der Waals surface area contributed by atoms with E-state index in [1.54, 1.807) is 48.2 Å². The molecule has 0 spiro atoms. The standard InChI is InChI=1S/C28H27F3N6O4S/c1-40-19-12-18(14-32-15-19)35-28-34-11-9-22(36-28)20-8-5-10-33-27(20)41-23-13-21(29)26(25(31)24(23)30)37-42(38,39)16-17-6-3-2-4-7-17/h2-11,13,18-19,32,37H,12,14-16H2,1H3,(H,34,35,36). The van der Waals surface area contributed by atoms with Crippen molar-refractivity contribution in [1.29, 1.82) is 0 Å². The first-order valence-corrected chi connectivity index (χ1v) is 14.6. The number of anilines is 2. The van der Waals surface area contributed by atoms with Gasteiger partial charge in [0.1, 0.15) is 5.69 Å². The van der Waals surface area contributed by atoms with Crippen LogP contribution < -0.4 is 20.1 Å². The Labute approximate surface area is 240 Å². The van der Waals surface area contributed by atoms with E-state index in [0.29, 0.717) is 35.4 Å². The van der Waals surface area contributed by atoms with E-state index in [9.17, 15) is 17.2 Å². The third-order valence-corrected chi connectivity index (χ3v) is 7.70. The highest BCUT2D eigenvalue weighted by Gasteiger charge is 2.26. The first kappa shape index (κ1) is 29.2. The highest BCUT2D eigenvalue weighted by molar-refractivity contribution is 7.91. The smallest absolute Gasteiger partial charge is 0.237 e. The van der Waals surface area contributed by atoms with Crippen molar-refractivity contribution in [1.82, 2.24) is 20.3 Å². The van der Waals surface area contributed by atoms with Gasteiger partial charge >= 0.3 is 0 Å². The fourth-order valence-corrected chi connectivity index (χ4v) is 5.65. The number of piperidine rings is 1. The minimum Gasteiger partial charge on any atom is -0.435 e. The highest BCUT2D eigenvalue weighted by atomic mass is 32.2. The monoisotopic (exact) mass is 600 g/mol. The Balaban J connectivity index is 1.37. The third kappa shape index (κ3) is 6.95. The van der Waals surface area contributed by atoms with Crippen molar-refractivity contribution in [3.05, 3.63) is 90.0 Å². The van der Waals surface area contributed by atoms with Crippen molar-refractivity contribution < 1.29 is 31.1 Å². The minimum atomic E-state index is -4.26. The Morgan fingerprint density at radius 1 is 1.00 bits per heavy atom. The quantitative estimate of drug-likeness (QED) is 0.226. The number of rotatable bonds is 10. The van der Waals surface area contributed by atoms with Crippen molar-refractivity contribution >= 4 is 21.7 Å². The van der Waals surface area contributed by atoms with E-state index in [-0.39, 0.29) is 18.0 Å². The number of nitrogens with zero attached hydrogens (tertiary/aromatic N) is 3. The lowest BCUT2D eigenvalue weighted by molar-refractivity contribution is 0.0770. The predicted octanol–water partition coefficient (Wildman–Crippen LogP) is 4.48. The number of aromatic nitrogens is 3. The molecule has 0 bridgehead atoms. The Kier molecular flexibility index (Phi) is 8.85. The van der Waals surface area contributed by atoms with Crippen LogP contribution in [0.2, 0.25) is 0 Å². The van der Waals surface area contributed by atoms with Crippen LogP contribution in [0.5, 0.6) is 11.6 Å². The number of halogens is 3. The van der Waals surface area contributed by atoms with Crippen molar-refractivity contribution in [3.63, 3.8) is 0 Å². The lowest BCUT2D eigenvalue weighted by Crippen LogP contribution is -2.46. The molecular formula is C28H27F3N6O4S. The fraction of sp³-hybridized carbons (Fsp3) is 0.250. The van der Waals surface area contributed by atoms with Gasteiger partial charge in [-0.15, -0.1) is 0 Å². The van der Waals surface area contributed by atoms with Gasteiger partial charge in [-0.2, -0.15) is 4.39 Å². The van der Waals surface area contributed by atoms with Crippen molar-refractivity contribution in [2.45, 2.75) is 24.3 Å². The molecule has 2 atom stereocenters. The second-order valence-corrected chi connectivity index (χ2v) is 11.2. The number of nitrogens with one attached hydrogen (secondary N) is 3. The maximum Gasteiger partial charge on any atom is 0.237 e. The second-order valence-electron chi connectivity index (χ2n) is 9.52. The fourth-order valence-electron chi connectivity index (χ4n) is 4.45. The van der Waals surface area contributed by atoms with Crippen molar-refractivity contribution in [2.24, 2.45) is 0 Å². The average Bonchev–Trinajstić information content (AvgIpc) is 2.99. The number of hydrogen-bond acceptors (Lipinski definition) is 9. The first-order valence-electron chi connectivity index (χ1n) is 12.9. The van der Waals surface area contributed by atoms with Crippen molar-refractivity contribution in [3.8, 4) is 22.9 Å². The molecule has 1 saturated heterocycles. The molecule has 1 aliphatic heterocycles. The molecule has 2 unspecified atom stereocenters. The summed E-state index contributed by atoms with van der Waals surface area (Å²) >= 11 is 0. The minimum absolute atomic E-state index is 0.00671. The van der Waals surface area contributed by atoms with Crippen LogP contribution in [0.3, 0.4) is 0 Å². The zero-order valence-electron chi connectivity index (χ0n) is 22.4. The van der Waals surface area contributed by atoms with Gasteiger partial charge in [-0.3, -0.25) is 4.72 Å². The molecule has 14 heteroatoms. The number of hydrogen-bond donors (Lipinski definition) is 3. The summed E-state index contributed by atoms with van der Waals surface area (Å²) in [6.07, 6.45) is 3.66. The van der Waals surface area contributed by atoms with Crippen LogP contribution in [0.4, 0.5) is 24.8 Å². The molecule has 1 fully saturated rings. The van der Waals surface area contributed by atoms with Gasteiger partial charge in [0.2, 0.25) is 27.7 Å². The maximum atomic E-state index is 15.1. The van der Waals surface area contributed by atoms with E-state index < -0.39 is 44.7 Å². The molecule has 220 valence electrons. The van der Waals surface area contributed by atoms with Crippen LogP contribution in [-0.4, -0.2) is 55.7 Å². The third-order valence-electron chi connectivity index (χ3n) is 6.47. The molecule has 0 aliphatic carbocycles. The van der Waals surface area contributed by atoms with Gasteiger partial charge in [-0.25, -0.2) is 32.2 Å². The molecule has 3 N–H and O–H groups in total. The van der Waals surface area contributed by atoms with Gasteiger partial charge in [0.05, 0.1) is 23.1 Å². The number of sulfonamides is 1. The molecule has 0 saturated carbocycles. The summed E-state index contributed by atoms with van der Waals surface area (Å²) < 4.78 is 82.7. The molecule has 0 amide bonds. The van der Waals surface area contributed by atoms with Gasteiger partial charge < -0.3 is 20.1 Å². The normalized spacial score (nSPS) is 17.0. The Bertz CT molecular complexity index is 1660. The molecular weight excluding hydrogens is 573 g/mol. The summed E-state index contributed by atoms with van der Waals surface area (Å²) in [6, 6.07) is 13.3. The summed E-state index contributed by atoms with van der Waals surface area (Å²) in [6.45, 7) is 1.42. The molecule has 4 aromatic rings. The van der Waals surface area contributed by atoms with Crippen LogP contribution in [0.1, 0.15) is 12.0 Å². The molecule has 10 nitrogen and oxygen atoms in total. The second kappa shape index (κ2) is 12.7. The first-order chi connectivity index (χ1) is 20.2. The van der Waals surface area contributed by atoms with Crippen LogP contribution in [0, 0.1) is 17.5 Å². The highest BCUT2D eigenvalue weighted by Crippen LogP contribution is 2.36. The van der Waals surface area contributed by atoms with Gasteiger partial charge in [0, 0.05) is 44.7 Å². The van der Waals surface area contributed by atoms with E-state index >= 15 is 4.39 Å². The van der Waals surface area contributed by atoms with E-state index in [1.165, 1.54) is 24.5 Å². The number of benzene rings is 2. The Morgan fingerprint density at radius 3 is 2.60 bits per heavy atom. The van der Waals surface area contributed by atoms with Crippen LogP contribution >= 0.6 is 0 Å². The summed E-state index contributed by atoms with van der Waals surface area (Å²) in [7, 11) is -2.62. The number of methoxy groups -OCH3 is 1. The molecule has 1 aliphatic rings. The molecule has 5 rings (SSSR count). The Morgan fingerprint density at radius 2 is 1.81 bits per heavy atom. The van der Waals surface area contributed by atoms with Crippen LogP contribution in [-0.2, 0) is 20.5 Å². The van der Waals surface area contributed by atoms with E-state index in [1.807, 2.05) is 0 Å². The van der Waals surface area contributed by atoms with Gasteiger partial charge in [0.25, 0.3) is 0 Å². The number of ether oxygens (including phenoxy) is 2. The van der Waals surface area contributed by atoms with Crippen LogP contribution in [0.15, 0.2) is 67.0 Å². The molecule has 2 aromatic carbocycles. The molecule has 42 heavy (non-hydrogen) atoms. The SMILES string of the molecule is COC1CNCC(Nc2nccc(-c3cccnc3Oc3cc(F)c(NS(=O)(=O)Cc4ccccc4)c(F)c3F)n2)C1. The maximum absolute atomic E-state index is 15.1. The summed E-state index contributed by atoms with van der Waals surface area (Å²) in [5.41, 5.74) is -0.121. The van der Waals surface area contributed by atoms with Gasteiger partial charge in [-0.05, 0) is 30.2 Å². The lowest BCUT2D eigenvalue weighted by atomic mass is 10.1. The largest absolute Gasteiger partial charge is 0.435 e. The zero-order chi connectivity index (χ0) is 29.7. The van der Waals surface area contributed by atoms with Gasteiger partial charge in [0.15, 0.2) is 17.4 Å². The van der Waals surface area contributed by atoms with E-state index in [4.69, 9.17) is 9.47 Å².